The van der Waals surface area contributed by atoms with Crippen LogP contribution in [0.1, 0.15) is 0 Å². The molecule has 2 aromatic heterocycles. The Morgan fingerprint density at radius 2 is 1.03 bits per heavy atom. The van der Waals surface area contributed by atoms with E-state index in [2.05, 4.69) is 121 Å². The van der Waals surface area contributed by atoms with Gasteiger partial charge in [-0.15, -0.1) is 11.3 Å². The van der Waals surface area contributed by atoms with Gasteiger partial charge in [0.25, 0.3) is 0 Å². The predicted octanol–water partition coefficient (Wildman–Crippen LogP) is 9.60. The van der Waals surface area contributed by atoms with Crippen molar-refractivity contribution in [3.63, 3.8) is 0 Å². The third-order valence-electron chi connectivity index (χ3n) is 6.69. The molecule has 0 aliphatic carbocycles. The van der Waals surface area contributed by atoms with E-state index in [1.54, 1.807) is 0 Å². The minimum Gasteiger partial charge on any atom is -0.255 e. The van der Waals surface area contributed by atoms with Gasteiger partial charge in [0.15, 0.2) is 0 Å². The summed E-state index contributed by atoms with van der Waals surface area (Å²) in [5.74, 6) is 0. The van der Waals surface area contributed by atoms with Gasteiger partial charge in [0.1, 0.15) is 0 Å². The first-order valence-electron chi connectivity index (χ1n) is 11.8. The van der Waals surface area contributed by atoms with Gasteiger partial charge in [0.05, 0.1) is 5.52 Å². The number of hydrogen-bond donors (Lipinski definition) is 0. The van der Waals surface area contributed by atoms with Crippen LogP contribution in [0.4, 0.5) is 0 Å². The molecule has 0 amide bonds. The molecule has 0 saturated carbocycles. The summed E-state index contributed by atoms with van der Waals surface area (Å²) in [6, 6.07) is 43.4. The summed E-state index contributed by atoms with van der Waals surface area (Å²) in [7, 11) is 0. The van der Waals surface area contributed by atoms with Crippen molar-refractivity contribution in [3.8, 4) is 33.4 Å². The third kappa shape index (κ3) is 3.51. The number of thiophene rings is 1. The molecule has 5 aromatic carbocycles. The van der Waals surface area contributed by atoms with Gasteiger partial charge in [-0.05, 0) is 63.7 Å². The molecule has 164 valence electrons. The second-order valence-corrected chi connectivity index (χ2v) is 9.91. The van der Waals surface area contributed by atoms with E-state index in [1.807, 2.05) is 17.5 Å². The fourth-order valence-corrected chi connectivity index (χ4v) is 6.14. The lowest BCUT2D eigenvalue weighted by molar-refractivity contribution is 1.45. The van der Waals surface area contributed by atoms with Gasteiger partial charge in [-0.25, -0.2) is 0 Å². The van der Waals surface area contributed by atoms with Crippen LogP contribution in [-0.4, -0.2) is 4.98 Å². The van der Waals surface area contributed by atoms with Crippen molar-refractivity contribution >= 4 is 42.4 Å². The summed E-state index contributed by atoms with van der Waals surface area (Å²) in [4.78, 5) is 4.89. The van der Waals surface area contributed by atoms with Crippen LogP contribution in [0.2, 0.25) is 0 Å². The zero-order valence-corrected chi connectivity index (χ0v) is 19.8. The van der Waals surface area contributed by atoms with Gasteiger partial charge in [-0.3, -0.25) is 4.98 Å². The minimum absolute atomic E-state index is 1.04. The van der Waals surface area contributed by atoms with Crippen molar-refractivity contribution in [2.75, 3.05) is 0 Å². The maximum atomic E-state index is 4.89. The molecule has 0 aliphatic heterocycles. The molecule has 2 heteroatoms. The molecule has 0 aliphatic rings. The van der Waals surface area contributed by atoms with Gasteiger partial charge in [0, 0.05) is 31.8 Å². The highest BCUT2D eigenvalue weighted by Crippen LogP contribution is 2.39. The quantitative estimate of drug-likeness (QED) is 0.254. The Morgan fingerprint density at radius 1 is 0.429 bits per heavy atom. The highest BCUT2D eigenvalue weighted by Gasteiger charge is 2.12. The van der Waals surface area contributed by atoms with Crippen molar-refractivity contribution in [3.05, 3.63) is 128 Å². The van der Waals surface area contributed by atoms with Crippen LogP contribution in [-0.2, 0) is 0 Å². The van der Waals surface area contributed by atoms with Crippen LogP contribution in [0.3, 0.4) is 0 Å². The summed E-state index contributed by atoms with van der Waals surface area (Å²) in [6.45, 7) is 0. The second kappa shape index (κ2) is 8.19. The number of benzene rings is 5. The van der Waals surface area contributed by atoms with Gasteiger partial charge in [0.2, 0.25) is 0 Å². The summed E-state index contributed by atoms with van der Waals surface area (Å²) in [5.41, 5.74) is 8.29. The molecule has 0 fully saturated rings. The van der Waals surface area contributed by atoms with E-state index >= 15 is 0 Å². The maximum absolute atomic E-state index is 4.89. The van der Waals surface area contributed by atoms with Gasteiger partial charge >= 0.3 is 0 Å². The van der Waals surface area contributed by atoms with E-state index in [0.717, 1.165) is 5.52 Å². The Balaban J connectivity index is 1.42. The molecule has 2 heterocycles. The first-order chi connectivity index (χ1) is 17.3. The van der Waals surface area contributed by atoms with Crippen molar-refractivity contribution in [1.82, 2.24) is 4.98 Å². The van der Waals surface area contributed by atoms with Gasteiger partial charge in [-0.1, -0.05) is 91.0 Å². The molecule has 0 spiro atoms. The highest BCUT2D eigenvalue weighted by atomic mass is 32.1. The average molecular weight is 464 g/mol. The van der Waals surface area contributed by atoms with Crippen LogP contribution in [0.5, 0.6) is 0 Å². The Bertz CT molecular complexity index is 1770. The molecule has 0 radical (unpaired) electrons. The highest BCUT2D eigenvalue weighted by molar-refractivity contribution is 7.26. The lowest BCUT2D eigenvalue weighted by Crippen LogP contribution is -1.87. The fraction of sp³-hybridized carbons (Fsp3) is 0. The van der Waals surface area contributed by atoms with Crippen molar-refractivity contribution in [2.45, 2.75) is 0 Å². The van der Waals surface area contributed by atoms with Crippen LogP contribution in [0.15, 0.2) is 128 Å². The normalized spacial score (nSPS) is 11.4. The molecule has 1 nitrogen and oxygen atoms in total. The van der Waals surface area contributed by atoms with Crippen LogP contribution >= 0.6 is 11.3 Å². The van der Waals surface area contributed by atoms with E-state index < -0.39 is 0 Å². The summed E-state index contributed by atoms with van der Waals surface area (Å²) in [6.07, 6.45) is 2.04. The maximum Gasteiger partial charge on any atom is 0.0722 e. The Kier molecular flexibility index (Phi) is 4.71. The summed E-state index contributed by atoms with van der Waals surface area (Å²) >= 11 is 1.85. The van der Waals surface area contributed by atoms with Crippen molar-refractivity contribution in [1.29, 1.82) is 0 Å². The molecule has 35 heavy (non-hydrogen) atoms. The zero-order valence-electron chi connectivity index (χ0n) is 19.0. The first-order valence-corrected chi connectivity index (χ1v) is 12.6. The first kappa shape index (κ1) is 20.1. The van der Waals surface area contributed by atoms with E-state index in [9.17, 15) is 0 Å². The molecule has 0 N–H and O–H groups in total. The van der Waals surface area contributed by atoms with E-state index in [-0.39, 0.29) is 0 Å². The molecule has 7 aromatic rings. The average Bonchev–Trinajstić information content (AvgIpc) is 3.33. The van der Waals surface area contributed by atoms with Crippen LogP contribution in [0.25, 0.3) is 64.5 Å². The Morgan fingerprint density at radius 3 is 1.71 bits per heavy atom. The summed E-state index contributed by atoms with van der Waals surface area (Å²) < 4.78 is 2.62. The Labute approximate surface area is 208 Å². The number of rotatable bonds is 3. The van der Waals surface area contributed by atoms with Crippen LogP contribution < -0.4 is 0 Å². The molecular weight excluding hydrogens is 442 g/mol. The number of nitrogens with zero attached hydrogens (tertiary/aromatic N) is 1. The largest absolute Gasteiger partial charge is 0.255 e. The SMILES string of the molecule is c1ccc(-c2cc(-c3ccccc3)cc(-c3ccc4c(c3)ncc3c5ccccc5sc43)c2)cc1. The van der Waals surface area contributed by atoms with E-state index in [4.69, 9.17) is 4.98 Å². The standard InChI is InChI=1S/C33H21NS/c1-3-9-22(10-4-1)25-17-26(23-11-5-2-6-12-23)19-27(18-25)24-15-16-29-31(20-24)34-21-30-28-13-7-8-14-32(28)35-33(29)30/h1-21H. The lowest BCUT2D eigenvalue weighted by atomic mass is 9.93. The second-order valence-electron chi connectivity index (χ2n) is 8.86. The Hall–Kier alpha value is -4.27. The number of fused-ring (bicyclic) bond motifs is 5. The van der Waals surface area contributed by atoms with Gasteiger partial charge in [-0.2, -0.15) is 0 Å². The van der Waals surface area contributed by atoms with Crippen molar-refractivity contribution < 1.29 is 0 Å². The molecule has 0 bridgehead atoms. The number of pyridine rings is 1. The molecule has 0 saturated heterocycles. The molecular formula is C33H21NS. The van der Waals surface area contributed by atoms with E-state index in [0.29, 0.717) is 0 Å². The topological polar surface area (TPSA) is 12.9 Å². The molecule has 0 atom stereocenters. The molecule has 0 unspecified atom stereocenters. The van der Waals surface area contributed by atoms with Crippen LogP contribution in [0, 0.1) is 0 Å². The fourth-order valence-electron chi connectivity index (χ4n) is 4.93. The zero-order chi connectivity index (χ0) is 23.2. The number of aromatic nitrogens is 1. The van der Waals surface area contributed by atoms with E-state index in [1.165, 1.54) is 58.9 Å². The summed E-state index contributed by atoms with van der Waals surface area (Å²) in [5, 5.41) is 3.74. The monoisotopic (exact) mass is 463 g/mol. The van der Waals surface area contributed by atoms with Gasteiger partial charge < -0.3 is 0 Å². The molecule has 7 rings (SSSR count). The predicted molar refractivity (Wildman–Crippen MR) is 151 cm³/mol. The van der Waals surface area contributed by atoms with Crippen molar-refractivity contribution in [2.24, 2.45) is 0 Å². The smallest absolute Gasteiger partial charge is 0.0722 e. The number of hydrogen-bond acceptors (Lipinski definition) is 2. The third-order valence-corrected chi connectivity index (χ3v) is 7.91. The minimum atomic E-state index is 1.04. The lowest BCUT2D eigenvalue weighted by Gasteiger charge is -2.12.